The Hall–Kier alpha value is -3.29. The number of nitrogens with zero attached hydrogens (tertiary/aromatic N) is 5. The number of anilines is 2. The maximum absolute atomic E-state index is 13.6. The minimum Gasteiger partial charge on any atom is -0.349 e. The lowest BCUT2D eigenvalue weighted by Crippen LogP contribution is -2.30. The third-order valence-electron chi connectivity index (χ3n) is 8.76. The number of aryl methyl sites for hydroxylation is 2. The van der Waals surface area contributed by atoms with Crippen molar-refractivity contribution in [1.82, 2.24) is 29.9 Å². The summed E-state index contributed by atoms with van der Waals surface area (Å²) in [5, 5.41) is 17.7. The van der Waals surface area contributed by atoms with Gasteiger partial charge in [0.2, 0.25) is 5.95 Å². The zero-order valence-electron chi connectivity index (χ0n) is 21.6. The molecule has 0 bridgehead atoms. The number of hydrogen-bond donors (Lipinski definition) is 2. The summed E-state index contributed by atoms with van der Waals surface area (Å²) < 4.78 is 55.9. The zero-order valence-corrected chi connectivity index (χ0v) is 22.4. The van der Waals surface area contributed by atoms with E-state index in [0.29, 0.717) is 29.7 Å². The molecule has 3 aromatic rings. The fourth-order valence-corrected chi connectivity index (χ4v) is 7.32. The van der Waals surface area contributed by atoms with Crippen molar-refractivity contribution in [2.24, 2.45) is 18.4 Å². The number of alkyl halides is 4. The van der Waals surface area contributed by atoms with E-state index in [4.69, 9.17) is 0 Å². The Kier molecular flexibility index (Phi) is 5.68. The van der Waals surface area contributed by atoms with Crippen molar-refractivity contribution in [3.63, 3.8) is 0 Å². The van der Waals surface area contributed by atoms with Crippen molar-refractivity contribution in [3.8, 4) is 0 Å². The molecule has 1 amide bonds. The highest BCUT2D eigenvalue weighted by Crippen LogP contribution is 2.66. The summed E-state index contributed by atoms with van der Waals surface area (Å²) in [6.07, 6.45) is 1.20. The fourth-order valence-electron chi connectivity index (χ4n) is 5.97. The summed E-state index contributed by atoms with van der Waals surface area (Å²) in [4.78, 5) is 28.0. The Balaban J connectivity index is 1.15. The standard InChI is InChI=1S/C26H27F4N7O2S/c1-36-21(9-19(35-36)26(28,29)30)33-24-34-31-11-37(24)12-2-3-17-14(6-12)22(23(39)32-20-10-25(20)4-5-25)18(40-17)8-16(38)13-7-15(13)27/h9,11-13,15,20H,2-8,10H2,1H3,(H,32,39)(H,33,34)/t12-,13-,15+,20-/m0/s1. The Labute approximate surface area is 230 Å². The van der Waals surface area contributed by atoms with Gasteiger partial charge in [-0.25, -0.2) is 4.39 Å². The summed E-state index contributed by atoms with van der Waals surface area (Å²) in [6.45, 7) is 0. The molecule has 9 nitrogen and oxygen atoms in total. The van der Waals surface area contributed by atoms with Gasteiger partial charge in [0.1, 0.15) is 24.1 Å². The average molecular weight is 578 g/mol. The van der Waals surface area contributed by atoms with E-state index in [-0.39, 0.29) is 53.8 Å². The predicted octanol–water partition coefficient (Wildman–Crippen LogP) is 4.32. The SMILES string of the molecule is Cn1nc(C(F)(F)F)cc1Nc1nncn1[C@H]1CCc2sc(CC(=O)[C@H]3C[C@H]3F)c(C(=O)N[C@H]3CC34CC4)c2C1. The summed E-state index contributed by atoms with van der Waals surface area (Å²) in [5.74, 6) is -0.547. The van der Waals surface area contributed by atoms with E-state index >= 15 is 0 Å². The lowest BCUT2D eigenvalue weighted by Gasteiger charge is -2.25. The van der Waals surface area contributed by atoms with Crippen LogP contribution in [0.4, 0.5) is 29.3 Å². The molecule has 0 aliphatic heterocycles. The minimum atomic E-state index is -4.58. The van der Waals surface area contributed by atoms with E-state index in [1.54, 1.807) is 4.57 Å². The highest BCUT2D eigenvalue weighted by molar-refractivity contribution is 7.12. The van der Waals surface area contributed by atoms with E-state index in [2.05, 4.69) is 25.9 Å². The molecule has 0 aromatic carbocycles. The molecule has 212 valence electrons. The number of carbonyl (C=O) groups excluding carboxylic acids is 2. The summed E-state index contributed by atoms with van der Waals surface area (Å²) >= 11 is 1.46. The molecule has 14 heteroatoms. The lowest BCUT2D eigenvalue weighted by molar-refractivity contribution is -0.141. The van der Waals surface area contributed by atoms with Crippen molar-refractivity contribution in [2.45, 2.75) is 75.8 Å². The van der Waals surface area contributed by atoms with Gasteiger partial charge in [0, 0.05) is 41.4 Å². The van der Waals surface area contributed by atoms with Gasteiger partial charge >= 0.3 is 6.18 Å². The number of fused-ring (bicyclic) bond motifs is 1. The molecular formula is C26H27F4N7O2S. The monoisotopic (exact) mass is 577 g/mol. The number of aromatic nitrogens is 5. The zero-order chi connectivity index (χ0) is 28.0. The largest absolute Gasteiger partial charge is 0.435 e. The first-order valence-electron chi connectivity index (χ1n) is 13.4. The van der Waals surface area contributed by atoms with Crippen LogP contribution in [0.25, 0.3) is 0 Å². The summed E-state index contributed by atoms with van der Waals surface area (Å²) in [6, 6.07) is 0.903. The molecule has 0 saturated heterocycles. The van der Waals surface area contributed by atoms with Gasteiger partial charge in [-0.15, -0.1) is 21.5 Å². The van der Waals surface area contributed by atoms with Crippen molar-refractivity contribution >= 4 is 34.8 Å². The number of halogens is 4. The number of nitrogens with one attached hydrogen (secondary N) is 2. The lowest BCUT2D eigenvalue weighted by atomic mass is 9.90. The molecule has 3 heterocycles. The second kappa shape index (κ2) is 8.85. The Morgan fingerprint density at radius 3 is 2.70 bits per heavy atom. The van der Waals surface area contributed by atoms with Crippen molar-refractivity contribution in [3.05, 3.63) is 39.0 Å². The van der Waals surface area contributed by atoms with Crippen LogP contribution in [0.5, 0.6) is 0 Å². The Morgan fingerprint density at radius 2 is 2.05 bits per heavy atom. The quantitative estimate of drug-likeness (QED) is 0.387. The van der Waals surface area contributed by atoms with Gasteiger partial charge < -0.3 is 10.6 Å². The number of rotatable bonds is 8. The third kappa shape index (κ3) is 4.49. The van der Waals surface area contributed by atoms with E-state index in [9.17, 15) is 27.2 Å². The molecule has 3 aromatic heterocycles. The molecule has 4 atom stereocenters. The number of Topliss-reactive ketones (excluding diaryl/α,β-unsaturated/α-hetero) is 1. The molecule has 4 aliphatic carbocycles. The van der Waals surface area contributed by atoms with Gasteiger partial charge in [0.05, 0.1) is 11.5 Å². The van der Waals surface area contributed by atoms with Crippen LogP contribution in [0.2, 0.25) is 0 Å². The van der Waals surface area contributed by atoms with Crippen molar-refractivity contribution < 1.29 is 27.2 Å². The van der Waals surface area contributed by atoms with Crippen LogP contribution in [0.1, 0.15) is 69.5 Å². The number of ketones is 1. The van der Waals surface area contributed by atoms with E-state index in [1.807, 2.05) is 0 Å². The highest BCUT2D eigenvalue weighted by atomic mass is 32.1. The highest BCUT2D eigenvalue weighted by Gasteiger charge is 2.63. The van der Waals surface area contributed by atoms with Crippen LogP contribution in [0.15, 0.2) is 12.4 Å². The first-order chi connectivity index (χ1) is 19.0. The molecule has 1 spiro atoms. The van der Waals surface area contributed by atoms with E-state index in [0.717, 1.165) is 40.5 Å². The summed E-state index contributed by atoms with van der Waals surface area (Å²) in [7, 11) is 1.41. The van der Waals surface area contributed by atoms with Crippen LogP contribution >= 0.6 is 11.3 Å². The van der Waals surface area contributed by atoms with Gasteiger partial charge in [0.25, 0.3) is 5.91 Å². The minimum absolute atomic E-state index is 0.0491. The molecule has 3 fully saturated rings. The predicted molar refractivity (Wildman–Crippen MR) is 136 cm³/mol. The van der Waals surface area contributed by atoms with Crippen molar-refractivity contribution in [1.29, 1.82) is 0 Å². The number of carbonyl (C=O) groups is 2. The maximum atomic E-state index is 13.6. The molecule has 4 aliphatic rings. The number of thiophene rings is 1. The van der Waals surface area contributed by atoms with E-state index in [1.165, 1.54) is 24.7 Å². The second-order valence-electron chi connectivity index (χ2n) is 11.5. The number of hydrogen-bond acceptors (Lipinski definition) is 7. The van der Waals surface area contributed by atoms with Crippen LogP contribution < -0.4 is 10.6 Å². The molecule has 0 unspecified atom stereocenters. The van der Waals surface area contributed by atoms with Gasteiger partial charge in [-0.05, 0) is 55.9 Å². The molecule has 3 saturated carbocycles. The first-order valence-corrected chi connectivity index (χ1v) is 14.2. The molecular weight excluding hydrogens is 550 g/mol. The van der Waals surface area contributed by atoms with Gasteiger partial charge in [-0.1, -0.05) is 0 Å². The molecule has 0 radical (unpaired) electrons. The maximum Gasteiger partial charge on any atom is 0.435 e. The van der Waals surface area contributed by atoms with Crippen molar-refractivity contribution in [2.75, 3.05) is 5.32 Å². The fraction of sp³-hybridized carbons (Fsp3) is 0.577. The Bertz CT molecular complexity index is 1520. The second-order valence-corrected chi connectivity index (χ2v) is 12.7. The van der Waals surface area contributed by atoms with Crippen LogP contribution in [0, 0.1) is 11.3 Å². The summed E-state index contributed by atoms with van der Waals surface area (Å²) in [5.41, 5.74) is 0.649. The normalized spacial score (nSPS) is 25.9. The van der Waals surface area contributed by atoms with Crippen LogP contribution in [0.3, 0.4) is 0 Å². The average Bonchev–Trinajstić information content (AvgIpc) is 3.82. The van der Waals surface area contributed by atoms with Crippen LogP contribution in [-0.2, 0) is 37.3 Å². The van der Waals surface area contributed by atoms with Gasteiger partial charge in [0.15, 0.2) is 5.69 Å². The first kappa shape index (κ1) is 25.7. The third-order valence-corrected chi connectivity index (χ3v) is 10.1. The molecule has 7 rings (SSSR count). The smallest absolute Gasteiger partial charge is 0.349 e. The van der Waals surface area contributed by atoms with E-state index < -0.39 is 24.0 Å². The van der Waals surface area contributed by atoms with Gasteiger partial charge in [-0.2, -0.15) is 18.3 Å². The topological polar surface area (TPSA) is 107 Å². The van der Waals surface area contributed by atoms with Gasteiger partial charge in [-0.3, -0.25) is 18.8 Å². The molecule has 40 heavy (non-hydrogen) atoms. The Morgan fingerprint density at radius 1 is 1.27 bits per heavy atom. The van der Waals surface area contributed by atoms with Crippen LogP contribution in [-0.4, -0.2) is 48.4 Å². The molecule has 2 N–H and O–H groups in total. The number of amides is 1.